The highest BCUT2D eigenvalue weighted by atomic mass is 16.6. The van der Waals surface area contributed by atoms with E-state index in [4.69, 9.17) is 9.47 Å². The molecule has 0 aromatic rings. The molecule has 0 heterocycles. The van der Waals surface area contributed by atoms with E-state index in [1.807, 2.05) is 27.7 Å². The Morgan fingerprint density at radius 2 is 0.794 bits per heavy atom. The van der Waals surface area contributed by atoms with Gasteiger partial charge in [-0.05, 0) is 153 Å². The van der Waals surface area contributed by atoms with Crippen LogP contribution in [0.5, 0.6) is 0 Å². The normalized spacial score (nSPS) is 44.4. The van der Waals surface area contributed by atoms with Crippen molar-refractivity contribution in [3.8, 4) is 0 Å². The van der Waals surface area contributed by atoms with Gasteiger partial charge in [-0.1, -0.05) is 0 Å². The molecule has 4 heteroatoms. The monoisotopic (exact) mass is 470 g/mol. The summed E-state index contributed by atoms with van der Waals surface area (Å²) in [5.41, 5.74) is -1.56. The largest absolute Gasteiger partial charge is 0.459 e. The van der Waals surface area contributed by atoms with Gasteiger partial charge in [0.15, 0.2) is 0 Å². The Hall–Kier alpha value is -1.06. The molecule has 0 saturated heterocycles. The van der Waals surface area contributed by atoms with E-state index in [1.165, 1.54) is 38.5 Å². The fourth-order valence-electron chi connectivity index (χ4n) is 9.81. The van der Waals surface area contributed by atoms with Crippen LogP contribution in [0.4, 0.5) is 0 Å². The first-order valence-corrected chi connectivity index (χ1v) is 14.4. The van der Waals surface area contributed by atoms with Gasteiger partial charge in [0.1, 0.15) is 11.2 Å². The van der Waals surface area contributed by atoms with E-state index in [1.54, 1.807) is 0 Å². The molecule has 0 unspecified atom stereocenters. The highest BCUT2D eigenvalue weighted by Crippen LogP contribution is 2.59. The molecule has 0 aromatic heterocycles. The second-order valence-electron chi connectivity index (χ2n) is 15.2. The van der Waals surface area contributed by atoms with Crippen molar-refractivity contribution in [3.63, 3.8) is 0 Å². The molecule has 8 bridgehead atoms. The summed E-state index contributed by atoms with van der Waals surface area (Å²) in [5.74, 6) is 4.47. The van der Waals surface area contributed by atoms with Gasteiger partial charge >= 0.3 is 11.9 Å². The van der Waals surface area contributed by atoms with Gasteiger partial charge in [-0.2, -0.15) is 0 Å². The Morgan fingerprint density at radius 3 is 1.03 bits per heavy atom. The first-order valence-electron chi connectivity index (χ1n) is 14.4. The Balaban J connectivity index is 1.06. The summed E-state index contributed by atoms with van der Waals surface area (Å²) in [5, 5.41) is 0. The molecule has 34 heavy (non-hydrogen) atoms. The van der Waals surface area contributed by atoms with Crippen LogP contribution in [-0.4, -0.2) is 23.1 Å². The summed E-state index contributed by atoms with van der Waals surface area (Å²) >= 11 is 0. The number of carbonyl (C=O) groups is 2. The predicted octanol–water partition coefficient (Wildman–Crippen LogP) is 6.84. The molecule has 0 radical (unpaired) electrons. The van der Waals surface area contributed by atoms with E-state index in [-0.39, 0.29) is 23.1 Å². The second-order valence-corrected chi connectivity index (χ2v) is 15.2. The van der Waals surface area contributed by atoms with Crippen LogP contribution in [0.2, 0.25) is 0 Å². The van der Waals surface area contributed by atoms with Crippen molar-refractivity contribution in [1.29, 1.82) is 0 Å². The molecule has 8 fully saturated rings. The zero-order valence-electron chi connectivity index (χ0n) is 22.0. The molecular weight excluding hydrogens is 424 g/mol. The van der Waals surface area contributed by atoms with Crippen LogP contribution in [0.3, 0.4) is 0 Å². The highest BCUT2D eigenvalue weighted by molar-refractivity contribution is 5.78. The van der Waals surface area contributed by atoms with E-state index in [0.717, 1.165) is 74.0 Å². The molecule has 0 atom stereocenters. The lowest BCUT2D eigenvalue weighted by Gasteiger charge is -2.56. The molecule has 0 N–H and O–H groups in total. The van der Waals surface area contributed by atoms with Crippen LogP contribution in [0, 0.1) is 46.3 Å². The average Bonchev–Trinajstić information content (AvgIpc) is 2.69. The molecule has 8 aliphatic carbocycles. The van der Waals surface area contributed by atoms with Crippen molar-refractivity contribution in [2.24, 2.45) is 46.3 Å². The number of rotatable bonds is 7. The summed E-state index contributed by atoms with van der Waals surface area (Å²) in [6.45, 7) is 8.04. The van der Waals surface area contributed by atoms with Gasteiger partial charge in [0.05, 0.1) is 10.8 Å². The third-order valence-corrected chi connectivity index (χ3v) is 11.1. The third-order valence-electron chi connectivity index (χ3n) is 11.1. The summed E-state index contributed by atoms with van der Waals surface area (Å²) in [6.07, 6.45) is 15.8. The van der Waals surface area contributed by atoms with Crippen molar-refractivity contribution in [3.05, 3.63) is 0 Å². The fraction of sp³-hybridized carbons (Fsp3) is 0.933. The van der Waals surface area contributed by atoms with Crippen molar-refractivity contribution in [1.82, 2.24) is 0 Å². The third kappa shape index (κ3) is 4.13. The van der Waals surface area contributed by atoms with Crippen LogP contribution >= 0.6 is 0 Å². The number of esters is 2. The van der Waals surface area contributed by atoms with Crippen molar-refractivity contribution < 1.29 is 19.1 Å². The second kappa shape index (κ2) is 7.72. The fourth-order valence-corrected chi connectivity index (χ4v) is 9.81. The Bertz CT molecular complexity index is 711. The first-order chi connectivity index (χ1) is 15.9. The quantitative estimate of drug-likeness (QED) is 0.382. The van der Waals surface area contributed by atoms with Crippen molar-refractivity contribution in [2.45, 2.75) is 129 Å². The Morgan fingerprint density at radius 1 is 0.559 bits per heavy atom. The van der Waals surface area contributed by atoms with E-state index >= 15 is 0 Å². The predicted molar refractivity (Wildman–Crippen MR) is 131 cm³/mol. The lowest BCUT2D eigenvalue weighted by molar-refractivity contribution is -0.200. The van der Waals surface area contributed by atoms with E-state index in [2.05, 4.69) is 0 Å². The van der Waals surface area contributed by atoms with Gasteiger partial charge in [0.2, 0.25) is 0 Å². The van der Waals surface area contributed by atoms with Gasteiger partial charge in [0.25, 0.3) is 0 Å². The summed E-state index contributed by atoms with van der Waals surface area (Å²) in [4.78, 5) is 26.8. The maximum atomic E-state index is 13.4. The van der Waals surface area contributed by atoms with Gasteiger partial charge in [-0.3, -0.25) is 9.59 Å². The molecular formula is C30H46O4. The Kier molecular flexibility index (Phi) is 5.30. The summed E-state index contributed by atoms with van der Waals surface area (Å²) in [7, 11) is 0. The van der Waals surface area contributed by atoms with Gasteiger partial charge in [0, 0.05) is 0 Å². The Labute approximate surface area is 206 Å². The summed E-state index contributed by atoms with van der Waals surface area (Å²) < 4.78 is 12.8. The van der Waals surface area contributed by atoms with Crippen molar-refractivity contribution in [2.75, 3.05) is 0 Å². The first kappa shape index (κ1) is 23.3. The smallest absolute Gasteiger partial charge is 0.312 e. The minimum atomic E-state index is -0.582. The number of carbonyl (C=O) groups excluding carboxylic acids is 2. The van der Waals surface area contributed by atoms with E-state index < -0.39 is 10.8 Å². The molecule has 0 amide bonds. The molecule has 190 valence electrons. The minimum absolute atomic E-state index is 0.0558. The highest BCUT2D eigenvalue weighted by Gasteiger charge is 2.55. The maximum Gasteiger partial charge on any atom is 0.312 e. The molecule has 8 rings (SSSR count). The van der Waals surface area contributed by atoms with Crippen LogP contribution in [0.25, 0.3) is 0 Å². The van der Waals surface area contributed by atoms with Gasteiger partial charge in [-0.15, -0.1) is 0 Å². The minimum Gasteiger partial charge on any atom is -0.459 e. The SMILES string of the molecule is CC(C)(CCC(C)(C)C(=O)OC12CC3CC(CC(C3)C1)C2)C(=O)OC12CC3CC(CC(C3)C1)C2. The van der Waals surface area contributed by atoms with Gasteiger partial charge in [-0.25, -0.2) is 0 Å². The molecule has 8 saturated carbocycles. The lowest BCUT2D eigenvalue weighted by atomic mass is 9.54. The molecule has 4 nitrogen and oxygen atoms in total. The summed E-state index contributed by atoms with van der Waals surface area (Å²) in [6, 6.07) is 0. The number of hydrogen-bond donors (Lipinski definition) is 0. The number of hydrogen-bond acceptors (Lipinski definition) is 4. The van der Waals surface area contributed by atoms with Crippen LogP contribution < -0.4 is 0 Å². The molecule has 0 aromatic carbocycles. The molecule has 0 aliphatic heterocycles. The van der Waals surface area contributed by atoms with Gasteiger partial charge < -0.3 is 9.47 Å². The van der Waals surface area contributed by atoms with Crippen molar-refractivity contribution >= 4 is 11.9 Å². The topological polar surface area (TPSA) is 52.6 Å². The zero-order valence-corrected chi connectivity index (χ0v) is 22.0. The van der Waals surface area contributed by atoms with E-state index in [9.17, 15) is 9.59 Å². The zero-order chi connectivity index (χ0) is 23.9. The maximum absolute atomic E-state index is 13.4. The molecule has 8 aliphatic rings. The average molecular weight is 471 g/mol. The molecule has 0 spiro atoms. The van der Waals surface area contributed by atoms with Crippen LogP contribution in [0.15, 0.2) is 0 Å². The van der Waals surface area contributed by atoms with E-state index in [0.29, 0.717) is 12.8 Å². The van der Waals surface area contributed by atoms with Crippen LogP contribution in [-0.2, 0) is 19.1 Å². The standard InChI is InChI=1S/C30H46O4/c1-27(2,25(31)33-29-13-19-7-20(14-29)9-21(8-19)15-29)5-6-28(3,4)26(32)34-30-16-22-10-23(17-30)12-24(11-22)18-30/h19-24H,5-18H2,1-4H3. The lowest BCUT2D eigenvalue weighted by Crippen LogP contribution is -2.54. The number of ether oxygens (including phenoxy) is 2. The van der Waals surface area contributed by atoms with Crippen LogP contribution in [0.1, 0.15) is 118 Å².